The molecule has 0 atom stereocenters. The Morgan fingerprint density at radius 2 is 2.00 bits per heavy atom. The summed E-state index contributed by atoms with van der Waals surface area (Å²) in [5.41, 5.74) is 1.53. The molecule has 19 heavy (non-hydrogen) atoms. The first kappa shape index (κ1) is 15.2. The number of nitrogens with one attached hydrogen (secondary N) is 2. The lowest BCUT2D eigenvalue weighted by Gasteiger charge is -2.10. The van der Waals surface area contributed by atoms with Gasteiger partial charge in [-0.05, 0) is 31.0 Å². The van der Waals surface area contributed by atoms with Crippen molar-refractivity contribution in [2.75, 3.05) is 18.4 Å². The molecule has 0 unspecified atom stereocenters. The smallest absolute Gasteiger partial charge is 0.303 e. The molecule has 0 fully saturated rings. The minimum atomic E-state index is -0.842. The first-order chi connectivity index (χ1) is 9.13. The van der Waals surface area contributed by atoms with Gasteiger partial charge >= 0.3 is 5.97 Å². The zero-order valence-electron chi connectivity index (χ0n) is 11.1. The second-order valence-electron chi connectivity index (χ2n) is 4.28. The molecule has 0 bridgehead atoms. The minimum absolute atomic E-state index is 0.0565. The van der Waals surface area contributed by atoms with Crippen molar-refractivity contribution in [2.45, 2.75) is 26.2 Å². The van der Waals surface area contributed by atoms with Crippen LogP contribution in [0.5, 0.6) is 0 Å². The summed E-state index contributed by atoms with van der Waals surface area (Å²) in [5.74, 6) is -0.957. The van der Waals surface area contributed by atoms with Gasteiger partial charge in [-0.15, -0.1) is 0 Å². The fourth-order valence-corrected chi connectivity index (χ4v) is 1.67. The number of amides is 1. The van der Waals surface area contributed by atoms with Gasteiger partial charge < -0.3 is 15.7 Å². The number of carbonyl (C=O) groups is 2. The van der Waals surface area contributed by atoms with Crippen LogP contribution in [0.3, 0.4) is 0 Å². The van der Waals surface area contributed by atoms with Crippen LogP contribution in [-0.2, 0) is 16.0 Å². The van der Waals surface area contributed by atoms with Gasteiger partial charge in [-0.2, -0.15) is 0 Å². The lowest BCUT2D eigenvalue weighted by atomic mass is 10.1. The van der Waals surface area contributed by atoms with E-state index >= 15 is 0 Å². The van der Waals surface area contributed by atoms with E-state index in [9.17, 15) is 9.59 Å². The molecular formula is C14H20N2O3. The van der Waals surface area contributed by atoms with Gasteiger partial charge in [-0.1, -0.05) is 25.1 Å². The molecule has 1 aromatic rings. The van der Waals surface area contributed by atoms with E-state index in [1.54, 1.807) is 6.07 Å². The Balaban J connectivity index is 2.56. The highest BCUT2D eigenvalue weighted by Gasteiger charge is 2.07. The zero-order chi connectivity index (χ0) is 14.1. The maximum Gasteiger partial charge on any atom is 0.303 e. The average molecular weight is 264 g/mol. The Morgan fingerprint density at radius 1 is 1.26 bits per heavy atom. The average Bonchev–Trinajstić information content (AvgIpc) is 2.38. The molecule has 1 aromatic carbocycles. The summed E-state index contributed by atoms with van der Waals surface area (Å²) in [6, 6.07) is 7.27. The normalized spacial score (nSPS) is 10.2. The van der Waals surface area contributed by atoms with Crippen LogP contribution in [0.2, 0.25) is 0 Å². The zero-order valence-corrected chi connectivity index (χ0v) is 11.1. The number of aryl methyl sites for hydroxylation is 1. The minimum Gasteiger partial charge on any atom is -0.481 e. The second-order valence-corrected chi connectivity index (χ2v) is 4.28. The van der Waals surface area contributed by atoms with Crippen molar-refractivity contribution in [3.05, 3.63) is 29.8 Å². The first-order valence-corrected chi connectivity index (χ1v) is 6.43. The largest absolute Gasteiger partial charge is 0.481 e. The standard InChI is InChI=1S/C14H20N2O3/c1-2-9-15-10-13(17)16-12-6-4-3-5-11(12)7-8-14(18)19/h3-6,15H,2,7-10H2,1H3,(H,16,17)(H,18,19). The Kier molecular flexibility index (Phi) is 6.60. The van der Waals surface area contributed by atoms with Crippen LogP contribution in [-0.4, -0.2) is 30.1 Å². The van der Waals surface area contributed by atoms with Crippen LogP contribution in [0.25, 0.3) is 0 Å². The van der Waals surface area contributed by atoms with Crippen LogP contribution in [0.4, 0.5) is 5.69 Å². The molecule has 1 amide bonds. The van der Waals surface area contributed by atoms with Gasteiger partial charge in [0.1, 0.15) is 0 Å². The van der Waals surface area contributed by atoms with E-state index in [-0.39, 0.29) is 18.9 Å². The fourth-order valence-electron chi connectivity index (χ4n) is 1.67. The summed E-state index contributed by atoms with van der Waals surface area (Å²) in [5, 5.41) is 14.5. The molecule has 0 saturated heterocycles. The summed E-state index contributed by atoms with van der Waals surface area (Å²) in [6.07, 6.45) is 1.44. The van der Waals surface area contributed by atoms with Crippen molar-refractivity contribution in [2.24, 2.45) is 0 Å². The maximum absolute atomic E-state index is 11.7. The van der Waals surface area contributed by atoms with Gasteiger partial charge in [-0.3, -0.25) is 9.59 Å². The number of para-hydroxylation sites is 1. The van der Waals surface area contributed by atoms with Crippen LogP contribution in [0, 0.1) is 0 Å². The number of benzene rings is 1. The van der Waals surface area contributed by atoms with Crippen molar-refractivity contribution in [3.8, 4) is 0 Å². The summed E-state index contributed by atoms with van der Waals surface area (Å²) < 4.78 is 0. The Labute approximate surface area is 113 Å². The number of carboxylic acids is 1. The molecule has 0 radical (unpaired) electrons. The predicted octanol–water partition coefficient (Wildman–Crippen LogP) is 1.64. The van der Waals surface area contributed by atoms with Crippen molar-refractivity contribution in [1.29, 1.82) is 0 Å². The van der Waals surface area contributed by atoms with E-state index in [0.717, 1.165) is 18.5 Å². The van der Waals surface area contributed by atoms with Gasteiger partial charge in [0.2, 0.25) is 5.91 Å². The highest BCUT2D eigenvalue weighted by atomic mass is 16.4. The first-order valence-electron chi connectivity index (χ1n) is 6.43. The highest BCUT2D eigenvalue weighted by molar-refractivity contribution is 5.93. The molecule has 104 valence electrons. The number of hydrogen-bond donors (Lipinski definition) is 3. The molecule has 0 saturated carbocycles. The van der Waals surface area contributed by atoms with E-state index in [2.05, 4.69) is 10.6 Å². The number of carboxylic acid groups (broad SMARTS) is 1. The molecule has 0 aliphatic heterocycles. The number of anilines is 1. The van der Waals surface area contributed by atoms with Crippen molar-refractivity contribution >= 4 is 17.6 Å². The van der Waals surface area contributed by atoms with Crippen LogP contribution in [0.15, 0.2) is 24.3 Å². The fraction of sp³-hybridized carbons (Fsp3) is 0.429. The van der Waals surface area contributed by atoms with E-state index in [0.29, 0.717) is 12.1 Å². The third-order valence-electron chi connectivity index (χ3n) is 2.61. The van der Waals surface area contributed by atoms with Gasteiger partial charge in [-0.25, -0.2) is 0 Å². The van der Waals surface area contributed by atoms with Crippen molar-refractivity contribution < 1.29 is 14.7 Å². The molecule has 5 nitrogen and oxygen atoms in total. The van der Waals surface area contributed by atoms with Gasteiger partial charge in [0.15, 0.2) is 0 Å². The van der Waals surface area contributed by atoms with Crippen molar-refractivity contribution in [3.63, 3.8) is 0 Å². The Hall–Kier alpha value is -1.88. The summed E-state index contributed by atoms with van der Waals surface area (Å²) in [4.78, 5) is 22.3. The highest BCUT2D eigenvalue weighted by Crippen LogP contribution is 2.16. The van der Waals surface area contributed by atoms with E-state index < -0.39 is 5.97 Å². The Morgan fingerprint density at radius 3 is 2.68 bits per heavy atom. The molecule has 0 aliphatic carbocycles. The number of rotatable bonds is 8. The monoisotopic (exact) mass is 264 g/mol. The molecule has 1 rings (SSSR count). The maximum atomic E-state index is 11.7. The Bertz CT molecular complexity index is 432. The molecule has 0 heterocycles. The lowest BCUT2D eigenvalue weighted by Crippen LogP contribution is -2.28. The summed E-state index contributed by atoms with van der Waals surface area (Å²) in [6.45, 7) is 3.10. The number of carbonyl (C=O) groups excluding carboxylic acids is 1. The van der Waals surface area contributed by atoms with Crippen LogP contribution < -0.4 is 10.6 Å². The predicted molar refractivity (Wildman–Crippen MR) is 74.2 cm³/mol. The topological polar surface area (TPSA) is 78.4 Å². The molecule has 0 spiro atoms. The molecule has 5 heteroatoms. The summed E-state index contributed by atoms with van der Waals surface area (Å²) >= 11 is 0. The third-order valence-corrected chi connectivity index (χ3v) is 2.61. The molecule has 0 aromatic heterocycles. The molecule has 3 N–H and O–H groups in total. The van der Waals surface area contributed by atoms with E-state index in [4.69, 9.17) is 5.11 Å². The number of hydrogen-bond acceptors (Lipinski definition) is 3. The van der Waals surface area contributed by atoms with Crippen LogP contribution in [0.1, 0.15) is 25.3 Å². The quantitative estimate of drug-likeness (QED) is 0.624. The van der Waals surface area contributed by atoms with Gasteiger partial charge in [0, 0.05) is 12.1 Å². The molecule has 0 aliphatic rings. The van der Waals surface area contributed by atoms with E-state index in [1.165, 1.54) is 0 Å². The summed E-state index contributed by atoms with van der Waals surface area (Å²) in [7, 11) is 0. The van der Waals surface area contributed by atoms with Gasteiger partial charge in [0.05, 0.1) is 6.54 Å². The van der Waals surface area contributed by atoms with Crippen molar-refractivity contribution in [1.82, 2.24) is 5.32 Å². The van der Waals surface area contributed by atoms with Gasteiger partial charge in [0.25, 0.3) is 0 Å². The number of aliphatic carboxylic acids is 1. The second kappa shape index (κ2) is 8.26. The van der Waals surface area contributed by atoms with E-state index in [1.807, 2.05) is 25.1 Å². The van der Waals surface area contributed by atoms with Crippen LogP contribution >= 0.6 is 0 Å². The molecular weight excluding hydrogens is 244 g/mol. The lowest BCUT2D eigenvalue weighted by molar-refractivity contribution is -0.136. The SMILES string of the molecule is CCCNCC(=O)Nc1ccccc1CCC(=O)O. The third kappa shape index (κ3) is 6.01.